The van der Waals surface area contributed by atoms with Crippen molar-refractivity contribution in [1.29, 1.82) is 0 Å². The number of aromatic nitrogens is 4. The number of nitrogens with two attached hydrogens (primary N) is 1. The summed E-state index contributed by atoms with van der Waals surface area (Å²) in [6.45, 7) is 3.87. The van der Waals surface area contributed by atoms with Crippen LogP contribution in [-0.4, -0.2) is 63.2 Å². The zero-order valence-corrected chi connectivity index (χ0v) is 21.9. The van der Waals surface area contributed by atoms with Gasteiger partial charge in [-0.2, -0.15) is 4.39 Å². The zero-order valence-electron chi connectivity index (χ0n) is 21.9. The molecule has 39 heavy (non-hydrogen) atoms. The molecular weight excluding hydrogens is 499 g/mol. The monoisotopic (exact) mass is 528 g/mol. The third-order valence-electron chi connectivity index (χ3n) is 6.65. The Balaban J connectivity index is 0.000000217. The first-order valence-corrected chi connectivity index (χ1v) is 12.8. The van der Waals surface area contributed by atoms with E-state index in [4.69, 9.17) is 20.2 Å². The molecule has 1 fully saturated rings. The van der Waals surface area contributed by atoms with E-state index in [0.29, 0.717) is 35.2 Å². The first kappa shape index (κ1) is 26.1. The van der Waals surface area contributed by atoms with Crippen molar-refractivity contribution in [1.82, 2.24) is 24.5 Å². The van der Waals surface area contributed by atoms with Crippen LogP contribution in [0.5, 0.6) is 11.6 Å². The number of hydrogen-bond donors (Lipinski definition) is 1. The van der Waals surface area contributed by atoms with Gasteiger partial charge in [-0.25, -0.2) is 14.5 Å². The van der Waals surface area contributed by atoms with Crippen LogP contribution in [0.2, 0.25) is 0 Å². The van der Waals surface area contributed by atoms with E-state index >= 15 is 0 Å². The fourth-order valence-corrected chi connectivity index (χ4v) is 4.60. The molecule has 5 heterocycles. The van der Waals surface area contributed by atoms with Crippen LogP contribution >= 0.6 is 0 Å². The number of likely N-dealkylation sites (tertiary alicyclic amines) is 1. The van der Waals surface area contributed by atoms with Gasteiger partial charge in [0.05, 0.1) is 19.4 Å². The number of imidazole rings is 1. The minimum Gasteiger partial charge on any atom is -0.493 e. The van der Waals surface area contributed by atoms with Gasteiger partial charge in [0.2, 0.25) is 11.8 Å². The van der Waals surface area contributed by atoms with Gasteiger partial charge in [0.1, 0.15) is 17.1 Å². The largest absolute Gasteiger partial charge is 0.493 e. The molecule has 0 spiro atoms. The summed E-state index contributed by atoms with van der Waals surface area (Å²) in [6.07, 6.45) is 2.70. The van der Waals surface area contributed by atoms with E-state index in [1.54, 1.807) is 41.6 Å². The summed E-state index contributed by atoms with van der Waals surface area (Å²) in [5.74, 6) is 5.79. The predicted molar refractivity (Wildman–Crippen MR) is 145 cm³/mol. The summed E-state index contributed by atoms with van der Waals surface area (Å²) >= 11 is 0. The molecule has 2 aliphatic rings. The molecule has 0 bridgehead atoms. The second-order valence-corrected chi connectivity index (χ2v) is 9.23. The predicted octanol–water partition coefficient (Wildman–Crippen LogP) is 3.50. The summed E-state index contributed by atoms with van der Waals surface area (Å²) in [5, 5.41) is 4.46. The Bertz CT molecular complexity index is 1570. The number of carbonyl (C=O) groups is 1. The fraction of sp³-hybridized carbons (Fsp3) is 0.310. The van der Waals surface area contributed by atoms with Crippen LogP contribution in [-0.2, 0) is 11.2 Å². The van der Waals surface area contributed by atoms with Crippen molar-refractivity contribution < 1.29 is 18.7 Å². The smallest absolute Gasteiger partial charge is 0.298 e. The van der Waals surface area contributed by atoms with Gasteiger partial charge in [0, 0.05) is 37.2 Å². The minimum atomic E-state index is -0.561. The van der Waals surface area contributed by atoms with Gasteiger partial charge in [-0.15, -0.1) is 5.10 Å². The molecule has 0 aliphatic carbocycles. The second kappa shape index (κ2) is 11.5. The summed E-state index contributed by atoms with van der Waals surface area (Å²) in [5.41, 5.74) is 10.1. The molecule has 2 aliphatic heterocycles. The van der Waals surface area contributed by atoms with Crippen LogP contribution in [0.4, 0.5) is 4.39 Å². The summed E-state index contributed by atoms with van der Waals surface area (Å²) in [7, 11) is 1.55. The highest BCUT2D eigenvalue weighted by molar-refractivity contribution is 5.93. The SMILES string of the molecule is CC#CC(=O)N1CCC(N)CC1.COc1ccc2nc(-c3ccc4c(c3)OCC4)c(-c3cccc(F)n3)n2n1. The lowest BCUT2D eigenvalue weighted by Gasteiger charge is -2.28. The normalized spacial score (nSPS) is 14.5. The minimum absolute atomic E-state index is 0.0654. The van der Waals surface area contributed by atoms with Crippen molar-refractivity contribution in [2.45, 2.75) is 32.2 Å². The molecule has 0 unspecified atom stereocenters. The molecule has 2 N–H and O–H groups in total. The van der Waals surface area contributed by atoms with Crippen molar-refractivity contribution in [3.8, 4) is 46.1 Å². The molecule has 200 valence electrons. The summed E-state index contributed by atoms with van der Waals surface area (Å²) in [4.78, 5) is 21.7. The zero-order chi connectivity index (χ0) is 27.4. The van der Waals surface area contributed by atoms with E-state index in [1.165, 1.54) is 11.6 Å². The van der Waals surface area contributed by atoms with Gasteiger partial charge in [-0.1, -0.05) is 24.1 Å². The molecule has 0 radical (unpaired) electrons. The molecule has 1 saturated heterocycles. The molecule has 4 aromatic rings. The number of nitrogens with zero attached hydrogens (tertiary/aromatic N) is 5. The number of amides is 1. The molecule has 1 aromatic carbocycles. The summed E-state index contributed by atoms with van der Waals surface area (Å²) < 4.78 is 26.4. The van der Waals surface area contributed by atoms with E-state index < -0.39 is 5.95 Å². The number of methoxy groups -OCH3 is 1. The number of fused-ring (bicyclic) bond motifs is 2. The third-order valence-corrected chi connectivity index (χ3v) is 6.65. The number of piperidine rings is 1. The van der Waals surface area contributed by atoms with Crippen molar-refractivity contribution in [2.24, 2.45) is 5.73 Å². The molecular formula is C29H29FN6O3. The second-order valence-electron chi connectivity index (χ2n) is 9.23. The first-order valence-electron chi connectivity index (χ1n) is 12.8. The Morgan fingerprint density at radius 1 is 1.15 bits per heavy atom. The molecule has 10 heteroatoms. The number of hydrogen-bond acceptors (Lipinski definition) is 7. The number of halogens is 1. The van der Waals surface area contributed by atoms with Gasteiger partial charge < -0.3 is 20.1 Å². The van der Waals surface area contributed by atoms with Gasteiger partial charge in [0.15, 0.2) is 5.65 Å². The molecule has 0 atom stereocenters. The lowest BCUT2D eigenvalue weighted by Crippen LogP contribution is -2.42. The van der Waals surface area contributed by atoms with Crippen molar-refractivity contribution in [2.75, 3.05) is 26.8 Å². The van der Waals surface area contributed by atoms with Crippen molar-refractivity contribution >= 4 is 11.6 Å². The van der Waals surface area contributed by atoms with Crippen LogP contribution in [0, 0.1) is 17.8 Å². The number of pyridine rings is 1. The Kier molecular flexibility index (Phi) is 7.70. The molecule has 9 nitrogen and oxygen atoms in total. The van der Waals surface area contributed by atoms with E-state index in [1.807, 2.05) is 24.3 Å². The average Bonchev–Trinajstić information content (AvgIpc) is 3.57. The number of carbonyl (C=O) groups excluding carboxylic acids is 1. The van der Waals surface area contributed by atoms with Crippen molar-refractivity contribution in [3.05, 3.63) is 60.0 Å². The Morgan fingerprint density at radius 3 is 2.72 bits per heavy atom. The lowest BCUT2D eigenvalue weighted by atomic mass is 10.0. The maximum Gasteiger partial charge on any atom is 0.298 e. The van der Waals surface area contributed by atoms with Gasteiger partial charge >= 0.3 is 0 Å². The first-order chi connectivity index (χ1) is 19.0. The van der Waals surface area contributed by atoms with Crippen LogP contribution < -0.4 is 15.2 Å². The van der Waals surface area contributed by atoms with Crippen LogP contribution in [0.1, 0.15) is 25.3 Å². The van der Waals surface area contributed by atoms with Crippen LogP contribution in [0.15, 0.2) is 48.5 Å². The van der Waals surface area contributed by atoms with Crippen molar-refractivity contribution in [3.63, 3.8) is 0 Å². The molecule has 1 amide bonds. The molecule has 6 rings (SSSR count). The number of rotatable bonds is 3. The topological polar surface area (TPSA) is 108 Å². The van der Waals surface area contributed by atoms with Gasteiger partial charge in [0.25, 0.3) is 5.91 Å². The number of benzene rings is 1. The number of ether oxygens (including phenoxy) is 2. The molecule has 3 aromatic heterocycles. The third kappa shape index (κ3) is 5.68. The average molecular weight is 529 g/mol. The highest BCUT2D eigenvalue weighted by atomic mass is 19.1. The fourth-order valence-electron chi connectivity index (χ4n) is 4.60. The highest BCUT2D eigenvalue weighted by Crippen LogP contribution is 2.36. The van der Waals surface area contributed by atoms with E-state index in [9.17, 15) is 9.18 Å². The maximum atomic E-state index is 13.8. The Hall–Kier alpha value is -4.49. The van der Waals surface area contributed by atoms with Crippen LogP contribution in [0.3, 0.4) is 0 Å². The lowest BCUT2D eigenvalue weighted by molar-refractivity contribution is -0.126. The van der Waals surface area contributed by atoms with Gasteiger partial charge in [-0.3, -0.25) is 4.79 Å². The van der Waals surface area contributed by atoms with E-state index in [-0.39, 0.29) is 11.9 Å². The standard InChI is InChI=1S/C20H15FN4O2.C9H14N2O/c1-26-18-8-7-17-23-19(13-6-5-12-9-10-27-15(12)11-13)20(25(17)24-18)14-3-2-4-16(21)22-14;1-2-3-9(12)11-6-4-8(10)5-7-11/h2-8,11H,9-10H2,1H3;8H,4-7,10H2,1H3. The van der Waals surface area contributed by atoms with E-state index in [0.717, 1.165) is 43.7 Å². The van der Waals surface area contributed by atoms with Crippen LogP contribution in [0.25, 0.3) is 28.3 Å². The highest BCUT2D eigenvalue weighted by Gasteiger charge is 2.22. The Labute approximate surface area is 225 Å². The molecule has 0 saturated carbocycles. The maximum absolute atomic E-state index is 13.8. The Morgan fingerprint density at radius 2 is 1.97 bits per heavy atom. The summed E-state index contributed by atoms with van der Waals surface area (Å²) in [6, 6.07) is 14.5. The quantitative estimate of drug-likeness (QED) is 0.320. The van der Waals surface area contributed by atoms with E-state index in [2.05, 4.69) is 21.9 Å². The van der Waals surface area contributed by atoms with Gasteiger partial charge in [-0.05, 0) is 55.5 Å².